The number of carbonyl (C=O) groups is 1. The molecule has 5 heteroatoms. The summed E-state index contributed by atoms with van der Waals surface area (Å²) in [6.07, 6.45) is 5.63. The van der Waals surface area contributed by atoms with Gasteiger partial charge in [-0.1, -0.05) is 6.92 Å². The Hall–Kier alpha value is -2.17. The first-order valence-electron chi connectivity index (χ1n) is 7.51. The van der Waals surface area contributed by atoms with E-state index in [4.69, 9.17) is 4.74 Å². The highest BCUT2D eigenvalue weighted by Crippen LogP contribution is 2.39. The SMILES string of the molecule is C[C@@H]1CC(=O)c2c(OCCCc3cncn3C)ccc(F)c21. The molecular weight excluding hydrogens is 283 g/mol. The topological polar surface area (TPSA) is 44.1 Å². The lowest BCUT2D eigenvalue weighted by Crippen LogP contribution is -2.06. The molecule has 0 saturated heterocycles. The molecule has 1 heterocycles. The van der Waals surface area contributed by atoms with Crippen LogP contribution < -0.4 is 4.74 Å². The van der Waals surface area contributed by atoms with Crippen molar-refractivity contribution < 1.29 is 13.9 Å². The average molecular weight is 302 g/mol. The molecule has 3 rings (SSSR count). The van der Waals surface area contributed by atoms with Gasteiger partial charge in [-0.3, -0.25) is 4.79 Å². The molecule has 1 aliphatic carbocycles. The highest BCUT2D eigenvalue weighted by molar-refractivity contribution is 6.03. The van der Waals surface area contributed by atoms with Gasteiger partial charge in [0.25, 0.3) is 0 Å². The van der Waals surface area contributed by atoms with Crippen molar-refractivity contribution in [1.29, 1.82) is 0 Å². The van der Waals surface area contributed by atoms with Crippen molar-refractivity contribution in [3.63, 3.8) is 0 Å². The number of hydrogen-bond donors (Lipinski definition) is 0. The maximum Gasteiger partial charge on any atom is 0.167 e. The zero-order valence-corrected chi connectivity index (χ0v) is 12.8. The van der Waals surface area contributed by atoms with Crippen LogP contribution in [-0.2, 0) is 13.5 Å². The van der Waals surface area contributed by atoms with Crippen molar-refractivity contribution in [2.45, 2.75) is 32.1 Å². The summed E-state index contributed by atoms with van der Waals surface area (Å²) in [7, 11) is 1.95. The smallest absolute Gasteiger partial charge is 0.167 e. The Bertz CT molecular complexity index is 709. The van der Waals surface area contributed by atoms with Gasteiger partial charge in [-0.25, -0.2) is 9.37 Å². The van der Waals surface area contributed by atoms with Gasteiger partial charge in [-0.2, -0.15) is 0 Å². The Kier molecular flexibility index (Phi) is 3.96. The number of nitrogens with zero attached hydrogens (tertiary/aromatic N) is 2. The second kappa shape index (κ2) is 5.91. The van der Waals surface area contributed by atoms with E-state index in [1.165, 1.54) is 6.07 Å². The molecular formula is C17H19FN2O2. The second-order valence-corrected chi connectivity index (χ2v) is 5.81. The van der Waals surface area contributed by atoms with E-state index in [1.807, 2.05) is 24.7 Å². The van der Waals surface area contributed by atoms with Crippen LogP contribution in [0.25, 0.3) is 0 Å². The highest BCUT2D eigenvalue weighted by Gasteiger charge is 2.32. The molecule has 4 nitrogen and oxygen atoms in total. The normalized spacial score (nSPS) is 16.9. The maximum atomic E-state index is 13.9. The van der Waals surface area contributed by atoms with Crippen LogP contribution in [0.2, 0.25) is 0 Å². The fourth-order valence-corrected chi connectivity index (χ4v) is 3.01. The van der Waals surface area contributed by atoms with Crippen LogP contribution in [0.5, 0.6) is 5.75 Å². The molecule has 116 valence electrons. The molecule has 1 aromatic heterocycles. The lowest BCUT2D eigenvalue weighted by Gasteiger charge is -2.12. The predicted molar refractivity (Wildman–Crippen MR) is 80.8 cm³/mol. The number of aromatic nitrogens is 2. The molecule has 1 aliphatic rings. The van der Waals surface area contributed by atoms with Gasteiger partial charge in [0.2, 0.25) is 0 Å². The number of rotatable bonds is 5. The first-order valence-corrected chi connectivity index (χ1v) is 7.51. The number of fused-ring (bicyclic) bond motifs is 1. The minimum atomic E-state index is -0.310. The van der Waals surface area contributed by atoms with Crippen LogP contribution in [0.3, 0.4) is 0 Å². The summed E-state index contributed by atoms with van der Waals surface area (Å²) >= 11 is 0. The molecule has 0 saturated carbocycles. The van der Waals surface area contributed by atoms with Gasteiger partial charge in [0.15, 0.2) is 5.78 Å². The third-order valence-corrected chi connectivity index (χ3v) is 4.17. The van der Waals surface area contributed by atoms with Crippen LogP contribution in [0.1, 0.15) is 47.3 Å². The number of aryl methyl sites for hydroxylation is 2. The maximum absolute atomic E-state index is 13.9. The van der Waals surface area contributed by atoms with E-state index in [0.29, 0.717) is 29.9 Å². The molecule has 0 spiro atoms. The highest BCUT2D eigenvalue weighted by atomic mass is 19.1. The minimum Gasteiger partial charge on any atom is -0.493 e. The van der Waals surface area contributed by atoms with Crippen LogP contribution in [0.4, 0.5) is 4.39 Å². The molecule has 1 atom stereocenters. The van der Waals surface area contributed by atoms with Gasteiger partial charge in [0.1, 0.15) is 11.6 Å². The number of Topliss-reactive ketones (excluding diaryl/α,β-unsaturated/α-hetero) is 1. The number of ether oxygens (including phenoxy) is 1. The molecule has 0 fully saturated rings. The Labute approximate surface area is 128 Å². The number of imidazole rings is 1. The molecule has 0 amide bonds. The lowest BCUT2D eigenvalue weighted by atomic mass is 10.0. The van der Waals surface area contributed by atoms with Gasteiger partial charge in [-0.15, -0.1) is 0 Å². The molecule has 0 unspecified atom stereocenters. The molecule has 0 N–H and O–H groups in total. The number of halogens is 1. The number of ketones is 1. The van der Waals surface area contributed by atoms with Crippen molar-refractivity contribution in [3.8, 4) is 5.75 Å². The first-order chi connectivity index (χ1) is 10.6. The summed E-state index contributed by atoms with van der Waals surface area (Å²) in [5, 5.41) is 0. The molecule has 22 heavy (non-hydrogen) atoms. The quantitative estimate of drug-likeness (QED) is 0.796. The van der Waals surface area contributed by atoms with Crippen LogP contribution in [0.15, 0.2) is 24.7 Å². The van der Waals surface area contributed by atoms with Gasteiger partial charge in [0, 0.05) is 30.9 Å². The zero-order valence-electron chi connectivity index (χ0n) is 12.8. The zero-order chi connectivity index (χ0) is 15.7. The van der Waals surface area contributed by atoms with E-state index < -0.39 is 0 Å². The third kappa shape index (κ3) is 2.63. The molecule has 0 radical (unpaired) electrons. The molecule has 0 aliphatic heterocycles. The van der Waals surface area contributed by atoms with Crippen LogP contribution in [0, 0.1) is 5.82 Å². The summed E-state index contributed by atoms with van der Waals surface area (Å²) in [5.41, 5.74) is 2.08. The van der Waals surface area contributed by atoms with Crippen molar-refractivity contribution in [2.75, 3.05) is 6.61 Å². The summed E-state index contributed by atoms with van der Waals surface area (Å²) in [6.45, 7) is 2.36. The van der Waals surface area contributed by atoms with E-state index in [-0.39, 0.29) is 17.5 Å². The average Bonchev–Trinajstić information content (AvgIpc) is 3.02. The van der Waals surface area contributed by atoms with E-state index in [1.54, 1.807) is 12.4 Å². The summed E-state index contributed by atoms with van der Waals surface area (Å²) < 4.78 is 21.6. The number of benzene rings is 1. The molecule has 2 aromatic rings. The first kappa shape index (κ1) is 14.8. The van der Waals surface area contributed by atoms with E-state index in [9.17, 15) is 9.18 Å². The Morgan fingerprint density at radius 3 is 3.00 bits per heavy atom. The van der Waals surface area contributed by atoms with E-state index in [2.05, 4.69) is 4.98 Å². The minimum absolute atomic E-state index is 0.0244. The van der Waals surface area contributed by atoms with Gasteiger partial charge in [0.05, 0.1) is 18.5 Å². The molecule has 1 aromatic carbocycles. The third-order valence-electron chi connectivity index (χ3n) is 4.17. The van der Waals surface area contributed by atoms with Crippen molar-refractivity contribution in [2.24, 2.45) is 7.05 Å². The van der Waals surface area contributed by atoms with Crippen molar-refractivity contribution in [1.82, 2.24) is 9.55 Å². The second-order valence-electron chi connectivity index (χ2n) is 5.81. The van der Waals surface area contributed by atoms with Crippen molar-refractivity contribution in [3.05, 3.63) is 47.3 Å². The van der Waals surface area contributed by atoms with Crippen LogP contribution >= 0.6 is 0 Å². The fraction of sp³-hybridized carbons (Fsp3) is 0.412. The Balaban J connectivity index is 1.67. The summed E-state index contributed by atoms with van der Waals surface area (Å²) in [6, 6.07) is 2.96. The van der Waals surface area contributed by atoms with Gasteiger partial charge < -0.3 is 9.30 Å². The lowest BCUT2D eigenvalue weighted by molar-refractivity contribution is 0.0986. The van der Waals surface area contributed by atoms with Crippen LogP contribution in [-0.4, -0.2) is 21.9 Å². The monoisotopic (exact) mass is 302 g/mol. The largest absolute Gasteiger partial charge is 0.493 e. The standard InChI is InChI=1S/C17H19FN2O2/c1-11-8-14(21)17-15(6-5-13(18)16(11)17)22-7-3-4-12-9-19-10-20(12)2/h5-6,9-11H,3-4,7-8H2,1-2H3/t11-/m1/s1. The Morgan fingerprint density at radius 1 is 1.45 bits per heavy atom. The molecule has 0 bridgehead atoms. The Morgan fingerprint density at radius 2 is 2.27 bits per heavy atom. The van der Waals surface area contributed by atoms with Crippen molar-refractivity contribution >= 4 is 5.78 Å². The van der Waals surface area contributed by atoms with Gasteiger partial charge in [-0.05, 0) is 30.9 Å². The number of carbonyl (C=O) groups excluding carboxylic acids is 1. The van der Waals surface area contributed by atoms with Gasteiger partial charge >= 0.3 is 0 Å². The summed E-state index contributed by atoms with van der Waals surface area (Å²) in [4.78, 5) is 16.1. The summed E-state index contributed by atoms with van der Waals surface area (Å²) in [5.74, 6) is 0.107. The predicted octanol–water partition coefficient (Wildman–Crippen LogP) is 3.26. The van der Waals surface area contributed by atoms with E-state index in [0.717, 1.165) is 18.5 Å². The fourth-order valence-electron chi connectivity index (χ4n) is 3.01. The van der Waals surface area contributed by atoms with E-state index >= 15 is 0 Å². The number of hydrogen-bond acceptors (Lipinski definition) is 3.